The van der Waals surface area contributed by atoms with Gasteiger partial charge in [-0.1, -0.05) is 6.92 Å². The molecular weight excluding hydrogens is 332 g/mol. The van der Waals surface area contributed by atoms with E-state index in [1.54, 1.807) is 18.7 Å². The van der Waals surface area contributed by atoms with E-state index in [9.17, 15) is 18.0 Å². The number of hydrogen-bond acceptors (Lipinski definition) is 6. The highest BCUT2D eigenvalue weighted by atomic mass is 32.2. The fraction of sp³-hybridized carbons (Fsp3) is 0.600. The zero-order valence-corrected chi connectivity index (χ0v) is 14.5. The van der Waals surface area contributed by atoms with Gasteiger partial charge in [-0.05, 0) is 6.92 Å². The van der Waals surface area contributed by atoms with Gasteiger partial charge in [0.05, 0.1) is 35.5 Å². The Morgan fingerprint density at radius 3 is 2.33 bits per heavy atom. The number of aromatic nitrogens is 2. The van der Waals surface area contributed by atoms with Crippen LogP contribution in [0, 0.1) is 6.92 Å². The number of carbonyl (C=O) groups excluding carboxylic acids is 2. The molecule has 0 unspecified atom stereocenters. The van der Waals surface area contributed by atoms with Gasteiger partial charge in [-0.15, -0.1) is 0 Å². The van der Waals surface area contributed by atoms with Crippen LogP contribution in [0.25, 0.3) is 0 Å². The van der Waals surface area contributed by atoms with Crippen LogP contribution in [-0.2, 0) is 14.6 Å². The van der Waals surface area contributed by atoms with Crippen LogP contribution in [0.2, 0.25) is 0 Å². The number of piperazine rings is 1. The molecule has 130 valence electrons. The van der Waals surface area contributed by atoms with E-state index in [2.05, 4.69) is 9.97 Å². The van der Waals surface area contributed by atoms with E-state index >= 15 is 0 Å². The maximum Gasteiger partial charge on any atom is 0.274 e. The van der Waals surface area contributed by atoms with Crippen molar-refractivity contribution in [3.05, 3.63) is 23.8 Å². The monoisotopic (exact) mass is 352 g/mol. The molecule has 8 nitrogen and oxygen atoms in total. The van der Waals surface area contributed by atoms with Crippen LogP contribution >= 0.6 is 0 Å². The van der Waals surface area contributed by atoms with Gasteiger partial charge in [-0.25, -0.2) is 13.4 Å². The van der Waals surface area contributed by atoms with Gasteiger partial charge in [0.15, 0.2) is 9.84 Å². The fourth-order valence-electron chi connectivity index (χ4n) is 3.37. The van der Waals surface area contributed by atoms with Crippen LogP contribution in [-0.4, -0.2) is 76.7 Å². The summed E-state index contributed by atoms with van der Waals surface area (Å²) in [6, 6.07) is -0.992. The average Bonchev–Trinajstić information content (AvgIpc) is 2.88. The Labute approximate surface area is 140 Å². The molecule has 0 bridgehead atoms. The van der Waals surface area contributed by atoms with Gasteiger partial charge in [-0.2, -0.15) is 0 Å². The number of sulfone groups is 1. The summed E-state index contributed by atoms with van der Waals surface area (Å²) in [4.78, 5) is 36.2. The predicted octanol–water partition coefficient (Wildman–Crippen LogP) is -0.355. The lowest BCUT2D eigenvalue weighted by atomic mass is 10.0. The van der Waals surface area contributed by atoms with Crippen molar-refractivity contribution < 1.29 is 18.0 Å². The molecule has 2 atom stereocenters. The zero-order chi connectivity index (χ0) is 17.5. The van der Waals surface area contributed by atoms with Gasteiger partial charge in [0, 0.05) is 25.7 Å². The highest BCUT2D eigenvalue weighted by molar-refractivity contribution is 7.91. The number of aryl methyl sites for hydroxylation is 1. The van der Waals surface area contributed by atoms with Gasteiger partial charge in [0.25, 0.3) is 5.91 Å². The van der Waals surface area contributed by atoms with Crippen LogP contribution in [0.4, 0.5) is 0 Å². The van der Waals surface area contributed by atoms with E-state index in [1.807, 2.05) is 0 Å². The maximum atomic E-state index is 12.7. The Kier molecular flexibility index (Phi) is 4.29. The van der Waals surface area contributed by atoms with E-state index in [0.717, 1.165) is 0 Å². The van der Waals surface area contributed by atoms with Crippen molar-refractivity contribution in [2.45, 2.75) is 32.4 Å². The highest BCUT2D eigenvalue weighted by Gasteiger charge is 2.49. The highest BCUT2D eigenvalue weighted by Crippen LogP contribution is 2.28. The minimum absolute atomic E-state index is 0.0793. The van der Waals surface area contributed by atoms with Crippen molar-refractivity contribution in [2.24, 2.45) is 0 Å². The molecule has 2 aliphatic rings. The third-order valence-electron chi connectivity index (χ3n) is 4.56. The summed E-state index contributed by atoms with van der Waals surface area (Å²) >= 11 is 0. The number of nitrogens with zero attached hydrogens (tertiary/aromatic N) is 4. The van der Waals surface area contributed by atoms with Crippen molar-refractivity contribution in [1.82, 2.24) is 19.8 Å². The van der Waals surface area contributed by atoms with Crippen molar-refractivity contribution >= 4 is 21.7 Å². The van der Waals surface area contributed by atoms with Crippen LogP contribution < -0.4 is 0 Å². The molecule has 2 amide bonds. The summed E-state index contributed by atoms with van der Waals surface area (Å²) in [6.07, 6.45) is 3.23. The Hall–Kier alpha value is -2.03. The summed E-state index contributed by atoms with van der Waals surface area (Å²) in [6.45, 7) is 4.17. The molecule has 24 heavy (non-hydrogen) atoms. The van der Waals surface area contributed by atoms with Gasteiger partial charge in [0.1, 0.15) is 5.69 Å². The second-order valence-electron chi connectivity index (χ2n) is 6.19. The summed E-state index contributed by atoms with van der Waals surface area (Å²) < 4.78 is 24.2. The van der Waals surface area contributed by atoms with Gasteiger partial charge < -0.3 is 9.80 Å². The first kappa shape index (κ1) is 16.8. The van der Waals surface area contributed by atoms with E-state index in [0.29, 0.717) is 25.2 Å². The quantitative estimate of drug-likeness (QED) is 0.721. The van der Waals surface area contributed by atoms with E-state index < -0.39 is 21.9 Å². The fourth-order valence-corrected chi connectivity index (χ4v) is 5.35. The zero-order valence-electron chi connectivity index (χ0n) is 13.7. The molecule has 3 rings (SSSR count). The molecule has 0 radical (unpaired) electrons. The lowest BCUT2D eigenvalue weighted by Crippen LogP contribution is -2.62. The normalized spacial score (nSPS) is 25.4. The summed E-state index contributed by atoms with van der Waals surface area (Å²) in [7, 11) is -3.28. The summed E-state index contributed by atoms with van der Waals surface area (Å²) in [5.41, 5.74) is 0.894. The Bertz CT molecular complexity index is 762. The molecular formula is C15H20N4O4S. The number of carbonyl (C=O) groups is 2. The first-order valence-corrected chi connectivity index (χ1v) is 9.74. The summed E-state index contributed by atoms with van der Waals surface area (Å²) in [5.74, 6) is -0.620. The summed E-state index contributed by atoms with van der Waals surface area (Å²) in [5, 5.41) is 0. The third-order valence-corrected chi connectivity index (χ3v) is 6.26. The average molecular weight is 352 g/mol. The smallest absolute Gasteiger partial charge is 0.274 e. The SMILES string of the molecule is CCC(=O)N1CCN(C(=O)c2cnc(C)cn2)[C@H]2CS(=O)(=O)C[C@H]21. The standard InChI is InChI=1S/C15H20N4O4S/c1-3-14(20)18-4-5-19(13-9-24(22,23)8-12(13)18)15(21)11-7-16-10(2)6-17-11/h6-7,12-13H,3-5,8-9H2,1-2H3/t12-,13+/m1/s1. The Morgan fingerprint density at radius 2 is 1.75 bits per heavy atom. The van der Waals surface area contributed by atoms with Gasteiger partial charge >= 0.3 is 0 Å². The Morgan fingerprint density at radius 1 is 1.12 bits per heavy atom. The molecule has 2 fully saturated rings. The Balaban J connectivity index is 1.89. The molecule has 3 heterocycles. The van der Waals surface area contributed by atoms with Crippen LogP contribution in [0.1, 0.15) is 29.5 Å². The number of amides is 2. The molecule has 2 saturated heterocycles. The van der Waals surface area contributed by atoms with E-state index in [-0.39, 0.29) is 29.0 Å². The maximum absolute atomic E-state index is 12.7. The molecule has 2 aliphatic heterocycles. The molecule has 0 aliphatic carbocycles. The van der Waals surface area contributed by atoms with Crippen LogP contribution in [0.5, 0.6) is 0 Å². The van der Waals surface area contributed by atoms with Crippen molar-refractivity contribution in [3.63, 3.8) is 0 Å². The topological polar surface area (TPSA) is 101 Å². The second-order valence-corrected chi connectivity index (χ2v) is 8.35. The molecule has 0 saturated carbocycles. The molecule has 1 aromatic rings. The van der Waals surface area contributed by atoms with E-state index in [1.165, 1.54) is 17.3 Å². The largest absolute Gasteiger partial charge is 0.335 e. The molecule has 9 heteroatoms. The van der Waals surface area contributed by atoms with Gasteiger partial charge in [0.2, 0.25) is 5.91 Å². The van der Waals surface area contributed by atoms with Crippen LogP contribution in [0.15, 0.2) is 12.4 Å². The molecule has 0 spiro atoms. The van der Waals surface area contributed by atoms with Crippen molar-refractivity contribution in [2.75, 3.05) is 24.6 Å². The number of fused-ring (bicyclic) bond motifs is 1. The number of hydrogen-bond donors (Lipinski definition) is 0. The minimum atomic E-state index is -3.28. The second kappa shape index (κ2) is 6.12. The van der Waals surface area contributed by atoms with Crippen molar-refractivity contribution in [1.29, 1.82) is 0 Å². The van der Waals surface area contributed by atoms with E-state index in [4.69, 9.17) is 0 Å². The molecule has 0 aromatic carbocycles. The first-order valence-electron chi connectivity index (χ1n) is 7.92. The molecule has 0 N–H and O–H groups in total. The predicted molar refractivity (Wildman–Crippen MR) is 86.0 cm³/mol. The van der Waals surface area contributed by atoms with Gasteiger partial charge in [-0.3, -0.25) is 14.6 Å². The first-order chi connectivity index (χ1) is 11.3. The molecule has 1 aromatic heterocycles. The lowest BCUT2D eigenvalue weighted by molar-refractivity contribution is -0.135. The van der Waals surface area contributed by atoms with Crippen molar-refractivity contribution in [3.8, 4) is 0 Å². The number of rotatable bonds is 2. The minimum Gasteiger partial charge on any atom is -0.335 e. The van der Waals surface area contributed by atoms with Crippen LogP contribution in [0.3, 0.4) is 0 Å². The third kappa shape index (κ3) is 3.00. The lowest BCUT2D eigenvalue weighted by Gasteiger charge is -2.43.